The van der Waals surface area contributed by atoms with Crippen LogP contribution in [0, 0.1) is 0 Å². The average Bonchev–Trinajstić information content (AvgIpc) is 2.58. The number of rotatable bonds is 2. The minimum absolute atomic E-state index is 0.121. The molecule has 1 N–H and O–H groups in total. The Morgan fingerprint density at radius 2 is 2.06 bits per heavy atom. The SMILES string of the molecule is CC(C)(C)NCc1noc2c1CCCC2(C)C. The molecule has 1 aromatic rings. The highest BCUT2D eigenvalue weighted by molar-refractivity contribution is 5.31. The summed E-state index contributed by atoms with van der Waals surface area (Å²) < 4.78 is 5.58. The van der Waals surface area contributed by atoms with E-state index in [1.165, 1.54) is 18.4 Å². The van der Waals surface area contributed by atoms with Crippen LogP contribution >= 0.6 is 0 Å². The molecule has 0 aliphatic heterocycles. The van der Waals surface area contributed by atoms with E-state index in [9.17, 15) is 0 Å². The van der Waals surface area contributed by atoms with Crippen LogP contribution in [0.5, 0.6) is 0 Å². The van der Waals surface area contributed by atoms with Crippen molar-refractivity contribution in [1.82, 2.24) is 10.5 Å². The van der Waals surface area contributed by atoms with Crippen LogP contribution in [0.3, 0.4) is 0 Å². The first-order chi connectivity index (χ1) is 7.80. The van der Waals surface area contributed by atoms with E-state index < -0.39 is 0 Å². The van der Waals surface area contributed by atoms with Crippen LogP contribution in [0.15, 0.2) is 4.52 Å². The normalized spacial score (nSPS) is 19.1. The van der Waals surface area contributed by atoms with E-state index in [1.807, 2.05) is 0 Å². The van der Waals surface area contributed by atoms with E-state index in [-0.39, 0.29) is 11.0 Å². The number of nitrogens with zero attached hydrogens (tertiary/aromatic N) is 1. The molecule has 3 nitrogen and oxygen atoms in total. The topological polar surface area (TPSA) is 38.1 Å². The summed E-state index contributed by atoms with van der Waals surface area (Å²) >= 11 is 0. The number of hydrogen-bond acceptors (Lipinski definition) is 3. The fourth-order valence-corrected chi connectivity index (χ4v) is 2.44. The Labute approximate surface area is 104 Å². The van der Waals surface area contributed by atoms with Crippen molar-refractivity contribution in [1.29, 1.82) is 0 Å². The number of aromatic nitrogens is 1. The van der Waals surface area contributed by atoms with Gasteiger partial charge in [-0.05, 0) is 40.0 Å². The summed E-state index contributed by atoms with van der Waals surface area (Å²) in [4.78, 5) is 0. The Balaban J connectivity index is 2.19. The lowest BCUT2D eigenvalue weighted by molar-refractivity contribution is 0.285. The van der Waals surface area contributed by atoms with Gasteiger partial charge in [0, 0.05) is 23.1 Å². The Kier molecular flexibility index (Phi) is 3.06. The molecule has 0 spiro atoms. The van der Waals surface area contributed by atoms with Crippen molar-refractivity contribution in [3.8, 4) is 0 Å². The largest absolute Gasteiger partial charge is 0.360 e. The first-order valence-electron chi connectivity index (χ1n) is 6.52. The number of nitrogens with one attached hydrogen (secondary N) is 1. The third kappa shape index (κ3) is 2.71. The van der Waals surface area contributed by atoms with Crippen LogP contribution in [0.1, 0.15) is 64.5 Å². The Bertz CT molecular complexity index is 399. The van der Waals surface area contributed by atoms with Crippen molar-refractivity contribution < 1.29 is 4.52 Å². The van der Waals surface area contributed by atoms with E-state index in [0.717, 1.165) is 24.4 Å². The molecule has 0 atom stereocenters. The summed E-state index contributed by atoms with van der Waals surface area (Å²) in [5.41, 5.74) is 2.72. The maximum atomic E-state index is 5.58. The van der Waals surface area contributed by atoms with Gasteiger partial charge in [-0.2, -0.15) is 0 Å². The van der Waals surface area contributed by atoms with Gasteiger partial charge in [-0.25, -0.2) is 0 Å². The molecular formula is C14H24N2O. The molecule has 17 heavy (non-hydrogen) atoms. The van der Waals surface area contributed by atoms with Crippen LogP contribution < -0.4 is 5.32 Å². The van der Waals surface area contributed by atoms with Gasteiger partial charge in [0.15, 0.2) is 0 Å². The monoisotopic (exact) mass is 236 g/mol. The molecular weight excluding hydrogens is 212 g/mol. The first kappa shape index (κ1) is 12.6. The third-order valence-electron chi connectivity index (χ3n) is 3.50. The summed E-state index contributed by atoms with van der Waals surface area (Å²) in [6.07, 6.45) is 3.55. The van der Waals surface area contributed by atoms with E-state index in [2.05, 4.69) is 45.1 Å². The van der Waals surface area contributed by atoms with Gasteiger partial charge in [0.05, 0.1) is 0 Å². The van der Waals surface area contributed by atoms with Crippen LogP contribution in [0.4, 0.5) is 0 Å². The first-order valence-corrected chi connectivity index (χ1v) is 6.52. The van der Waals surface area contributed by atoms with Crippen molar-refractivity contribution in [2.75, 3.05) is 0 Å². The van der Waals surface area contributed by atoms with Gasteiger partial charge in [0.1, 0.15) is 11.5 Å². The molecule has 1 aliphatic rings. The minimum atomic E-state index is 0.121. The lowest BCUT2D eigenvalue weighted by Crippen LogP contribution is -2.35. The van der Waals surface area contributed by atoms with E-state index >= 15 is 0 Å². The molecule has 0 aromatic carbocycles. The van der Waals surface area contributed by atoms with Crippen molar-refractivity contribution >= 4 is 0 Å². The second kappa shape index (κ2) is 4.13. The molecule has 0 saturated heterocycles. The summed E-state index contributed by atoms with van der Waals surface area (Å²) in [6.45, 7) is 11.8. The number of fused-ring (bicyclic) bond motifs is 1. The van der Waals surface area contributed by atoms with E-state index in [0.29, 0.717) is 0 Å². The Hall–Kier alpha value is -0.830. The van der Waals surface area contributed by atoms with Gasteiger partial charge in [-0.1, -0.05) is 19.0 Å². The number of hydrogen-bond donors (Lipinski definition) is 1. The Morgan fingerprint density at radius 1 is 1.35 bits per heavy atom. The molecule has 1 aromatic heterocycles. The summed E-state index contributed by atoms with van der Waals surface area (Å²) in [7, 11) is 0. The smallest absolute Gasteiger partial charge is 0.145 e. The lowest BCUT2D eigenvalue weighted by atomic mass is 9.77. The maximum absolute atomic E-state index is 5.58. The zero-order chi connectivity index (χ0) is 12.7. The van der Waals surface area contributed by atoms with Gasteiger partial charge >= 0.3 is 0 Å². The van der Waals surface area contributed by atoms with Gasteiger partial charge in [0.2, 0.25) is 0 Å². The second-order valence-electron chi connectivity index (χ2n) is 6.78. The molecule has 2 rings (SSSR count). The highest BCUT2D eigenvalue weighted by atomic mass is 16.5. The van der Waals surface area contributed by atoms with Crippen molar-refractivity contribution in [3.63, 3.8) is 0 Å². The fraction of sp³-hybridized carbons (Fsp3) is 0.786. The summed E-state index contributed by atoms with van der Waals surface area (Å²) in [5, 5.41) is 7.74. The Morgan fingerprint density at radius 3 is 2.71 bits per heavy atom. The van der Waals surface area contributed by atoms with Crippen LogP contribution in [0.2, 0.25) is 0 Å². The van der Waals surface area contributed by atoms with E-state index in [1.54, 1.807) is 0 Å². The van der Waals surface area contributed by atoms with Crippen LogP contribution in [-0.4, -0.2) is 10.7 Å². The lowest BCUT2D eigenvalue weighted by Gasteiger charge is -2.27. The molecule has 0 amide bonds. The average molecular weight is 236 g/mol. The quantitative estimate of drug-likeness (QED) is 0.857. The molecule has 0 bridgehead atoms. The molecule has 0 fully saturated rings. The second-order valence-corrected chi connectivity index (χ2v) is 6.78. The molecule has 0 saturated carbocycles. The molecule has 96 valence electrons. The summed E-state index contributed by atoms with van der Waals surface area (Å²) in [6, 6.07) is 0. The zero-order valence-electron chi connectivity index (χ0n) is 11.7. The highest BCUT2D eigenvalue weighted by Crippen LogP contribution is 2.38. The van der Waals surface area contributed by atoms with Gasteiger partial charge in [-0.3, -0.25) is 0 Å². The molecule has 1 heterocycles. The van der Waals surface area contributed by atoms with Gasteiger partial charge < -0.3 is 9.84 Å². The van der Waals surface area contributed by atoms with Crippen LogP contribution in [-0.2, 0) is 18.4 Å². The van der Waals surface area contributed by atoms with E-state index in [4.69, 9.17) is 4.52 Å². The predicted molar refractivity (Wildman–Crippen MR) is 69.1 cm³/mol. The molecule has 3 heteroatoms. The van der Waals surface area contributed by atoms with Gasteiger partial charge in [0.25, 0.3) is 0 Å². The maximum Gasteiger partial charge on any atom is 0.145 e. The fourth-order valence-electron chi connectivity index (χ4n) is 2.44. The predicted octanol–water partition coefficient (Wildman–Crippen LogP) is 3.18. The van der Waals surface area contributed by atoms with Crippen molar-refractivity contribution in [2.24, 2.45) is 0 Å². The standard InChI is InChI=1S/C14H24N2O/c1-13(2,3)15-9-11-10-7-6-8-14(4,5)12(10)17-16-11/h15H,6-9H2,1-5H3. The molecule has 1 aliphatic carbocycles. The van der Waals surface area contributed by atoms with Gasteiger partial charge in [-0.15, -0.1) is 0 Å². The summed E-state index contributed by atoms with van der Waals surface area (Å²) in [5.74, 6) is 1.11. The van der Waals surface area contributed by atoms with Crippen LogP contribution in [0.25, 0.3) is 0 Å². The van der Waals surface area contributed by atoms with Crippen molar-refractivity contribution in [2.45, 2.75) is 71.4 Å². The third-order valence-corrected chi connectivity index (χ3v) is 3.50. The minimum Gasteiger partial charge on any atom is -0.360 e. The van der Waals surface area contributed by atoms with Crippen molar-refractivity contribution in [3.05, 3.63) is 17.0 Å². The highest BCUT2D eigenvalue weighted by Gasteiger charge is 2.33. The zero-order valence-corrected chi connectivity index (χ0v) is 11.7. The molecule has 0 radical (unpaired) electrons. The molecule has 0 unspecified atom stereocenters.